The van der Waals surface area contributed by atoms with Crippen LogP contribution in [0.15, 0.2) is 30.3 Å². The van der Waals surface area contributed by atoms with Crippen LogP contribution < -0.4 is 4.74 Å². The molecule has 22 heavy (non-hydrogen) atoms. The summed E-state index contributed by atoms with van der Waals surface area (Å²) in [6, 6.07) is 8.16. The molecule has 1 fully saturated rings. The van der Waals surface area contributed by atoms with E-state index in [1.807, 2.05) is 0 Å². The Labute approximate surface area is 127 Å². The van der Waals surface area contributed by atoms with E-state index in [1.54, 1.807) is 30.3 Å². The van der Waals surface area contributed by atoms with Crippen LogP contribution in [0, 0.1) is 10.1 Å². The second-order valence-corrected chi connectivity index (χ2v) is 6.64. The first-order valence-corrected chi connectivity index (χ1v) is 8.36. The molecule has 0 bridgehead atoms. The van der Waals surface area contributed by atoms with Gasteiger partial charge >= 0.3 is 13.5 Å². The Hall–Kier alpha value is -1.47. The first kappa shape index (κ1) is 16.9. The maximum atomic E-state index is 11.7. The van der Waals surface area contributed by atoms with E-state index in [4.69, 9.17) is 19.0 Å². The van der Waals surface area contributed by atoms with Crippen molar-refractivity contribution in [1.82, 2.24) is 0 Å². The molecule has 0 spiro atoms. The number of nitrogens with zero attached hydrogens (tertiary/aromatic N) is 1. The van der Waals surface area contributed by atoms with E-state index in [1.165, 1.54) is 6.92 Å². The zero-order chi connectivity index (χ0) is 16.4. The highest BCUT2D eigenvalue weighted by molar-refractivity contribution is 7.46. The normalized spacial score (nSPS) is 29.0. The molecular weight excluding hydrogens is 313 g/mol. The summed E-state index contributed by atoms with van der Waals surface area (Å²) in [6.45, 7) is 1.32. The molecule has 9 heteroatoms. The number of phosphoric ester groups is 1. The van der Waals surface area contributed by atoms with E-state index in [9.17, 15) is 14.7 Å². The molecule has 1 aromatic carbocycles. The van der Waals surface area contributed by atoms with Crippen molar-refractivity contribution >= 4 is 7.82 Å². The van der Waals surface area contributed by atoms with Gasteiger partial charge < -0.3 is 14.5 Å². The molecule has 0 aliphatic heterocycles. The van der Waals surface area contributed by atoms with Crippen molar-refractivity contribution in [3.05, 3.63) is 40.4 Å². The van der Waals surface area contributed by atoms with Crippen LogP contribution in [0.2, 0.25) is 0 Å². The fraction of sp³-hybridized carbons (Fsp3) is 0.538. The Balaban J connectivity index is 2.44. The second kappa shape index (κ2) is 5.96. The summed E-state index contributed by atoms with van der Waals surface area (Å²) in [5, 5.41) is 11.7. The summed E-state index contributed by atoms with van der Waals surface area (Å²) in [7, 11) is -4.91. The van der Waals surface area contributed by atoms with Crippen LogP contribution in [0.1, 0.15) is 32.6 Å². The number of benzene rings is 1. The molecule has 2 unspecified atom stereocenters. The molecule has 2 atom stereocenters. The number of phosphoric acid groups is 1. The van der Waals surface area contributed by atoms with Gasteiger partial charge in [0.05, 0.1) is 11.3 Å². The van der Waals surface area contributed by atoms with Crippen LogP contribution in [-0.4, -0.2) is 26.0 Å². The highest BCUT2D eigenvalue weighted by atomic mass is 31.2. The van der Waals surface area contributed by atoms with E-state index in [0.717, 1.165) is 0 Å². The fourth-order valence-corrected chi connectivity index (χ4v) is 3.59. The first-order valence-electron chi connectivity index (χ1n) is 6.83. The molecule has 0 amide bonds. The Morgan fingerprint density at radius 1 is 1.23 bits per heavy atom. The van der Waals surface area contributed by atoms with Gasteiger partial charge in [-0.2, -0.15) is 0 Å². The molecule has 0 saturated heterocycles. The van der Waals surface area contributed by atoms with Crippen molar-refractivity contribution in [3.8, 4) is 5.75 Å². The molecule has 8 nitrogen and oxygen atoms in total. The van der Waals surface area contributed by atoms with Gasteiger partial charge in [0.15, 0.2) is 5.60 Å². The number of nitro groups is 1. The zero-order valence-corrected chi connectivity index (χ0v) is 12.9. The Bertz CT molecular complexity index is 589. The summed E-state index contributed by atoms with van der Waals surface area (Å²) in [5.41, 5.74) is -3.78. The third-order valence-corrected chi connectivity index (χ3v) is 4.53. The predicted molar refractivity (Wildman–Crippen MR) is 76.8 cm³/mol. The van der Waals surface area contributed by atoms with Crippen LogP contribution in [0.3, 0.4) is 0 Å². The third-order valence-electron chi connectivity index (χ3n) is 3.89. The third kappa shape index (κ3) is 3.30. The maximum absolute atomic E-state index is 11.7. The minimum Gasteiger partial charge on any atom is -0.426 e. The van der Waals surface area contributed by atoms with Crippen LogP contribution in [0.5, 0.6) is 5.75 Å². The van der Waals surface area contributed by atoms with Crippen molar-refractivity contribution in [2.75, 3.05) is 0 Å². The molecular formula is C13H18NO7P. The van der Waals surface area contributed by atoms with Gasteiger partial charge in [-0.3, -0.25) is 14.6 Å². The van der Waals surface area contributed by atoms with E-state index < -0.39 is 24.1 Å². The number of hydrogen-bond donors (Lipinski definition) is 2. The summed E-state index contributed by atoms with van der Waals surface area (Å²) in [5.74, 6) is 0.252. The highest BCUT2D eigenvalue weighted by Crippen LogP contribution is 2.52. The second-order valence-electron chi connectivity index (χ2n) is 5.48. The smallest absolute Gasteiger partial charge is 0.426 e. The van der Waals surface area contributed by atoms with Gasteiger partial charge in [0.1, 0.15) is 5.75 Å². The first-order chi connectivity index (χ1) is 10.2. The van der Waals surface area contributed by atoms with E-state index in [-0.39, 0.29) is 18.6 Å². The monoisotopic (exact) mass is 331 g/mol. The number of ether oxygens (including phenoxy) is 1. The summed E-state index contributed by atoms with van der Waals surface area (Å²) < 4.78 is 21.7. The van der Waals surface area contributed by atoms with Crippen LogP contribution in [-0.2, 0) is 9.09 Å². The minimum atomic E-state index is -4.91. The average molecular weight is 331 g/mol. The van der Waals surface area contributed by atoms with Gasteiger partial charge in [0.25, 0.3) is 0 Å². The van der Waals surface area contributed by atoms with Crippen molar-refractivity contribution in [3.63, 3.8) is 0 Å². The molecule has 0 aromatic heterocycles. The Kier molecular flexibility index (Phi) is 4.58. The van der Waals surface area contributed by atoms with E-state index in [0.29, 0.717) is 12.8 Å². The van der Waals surface area contributed by atoms with Gasteiger partial charge in [0, 0.05) is 0 Å². The van der Waals surface area contributed by atoms with Crippen LogP contribution in [0.4, 0.5) is 0 Å². The molecule has 1 aromatic rings. The van der Waals surface area contributed by atoms with E-state index in [2.05, 4.69) is 0 Å². The molecule has 122 valence electrons. The lowest BCUT2D eigenvalue weighted by molar-refractivity contribution is -0.643. The lowest BCUT2D eigenvalue weighted by Gasteiger charge is -2.43. The molecule has 0 radical (unpaired) electrons. The van der Waals surface area contributed by atoms with Gasteiger partial charge in [-0.05, 0) is 38.3 Å². The topological polar surface area (TPSA) is 119 Å². The molecule has 1 aliphatic carbocycles. The SMILES string of the molecule is CC1(OP(=O)(O)O)CCCCC1(Oc1ccccc1)[N+](=O)[O-]. The lowest BCUT2D eigenvalue weighted by atomic mass is 9.78. The molecule has 2 N–H and O–H groups in total. The summed E-state index contributed by atoms with van der Waals surface area (Å²) in [6.07, 6.45) is 1.19. The van der Waals surface area contributed by atoms with Gasteiger partial charge in [-0.25, -0.2) is 4.57 Å². The minimum absolute atomic E-state index is 0.00535. The number of hydrogen-bond acceptors (Lipinski definition) is 5. The Morgan fingerprint density at radius 3 is 2.36 bits per heavy atom. The van der Waals surface area contributed by atoms with Gasteiger partial charge in [-0.15, -0.1) is 0 Å². The number of rotatable bonds is 5. The van der Waals surface area contributed by atoms with Crippen LogP contribution in [0.25, 0.3) is 0 Å². The van der Waals surface area contributed by atoms with E-state index >= 15 is 0 Å². The predicted octanol–water partition coefficient (Wildman–Crippen LogP) is 2.48. The summed E-state index contributed by atoms with van der Waals surface area (Å²) >= 11 is 0. The standard InChI is InChI=1S/C13H18NO7P/c1-12(21-22(17,18)19)9-5-6-10-13(12,14(15)16)20-11-7-3-2-4-8-11/h2-4,7-8H,5-6,9-10H2,1H3,(H2,17,18,19). The maximum Gasteiger partial charge on any atom is 0.470 e. The fourth-order valence-electron chi connectivity index (χ4n) is 2.83. The molecule has 2 rings (SSSR count). The quantitative estimate of drug-likeness (QED) is 0.368. The van der Waals surface area contributed by atoms with Crippen LogP contribution >= 0.6 is 7.82 Å². The summed E-state index contributed by atoms with van der Waals surface area (Å²) in [4.78, 5) is 29.3. The molecule has 0 heterocycles. The van der Waals surface area contributed by atoms with Gasteiger partial charge in [-0.1, -0.05) is 18.2 Å². The number of para-hydroxylation sites is 1. The Morgan fingerprint density at radius 2 is 1.82 bits per heavy atom. The van der Waals surface area contributed by atoms with Crippen molar-refractivity contribution in [2.24, 2.45) is 0 Å². The molecule has 1 aliphatic rings. The highest BCUT2D eigenvalue weighted by Gasteiger charge is 2.65. The largest absolute Gasteiger partial charge is 0.470 e. The lowest BCUT2D eigenvalue weighted by Crippen LogP contribution is -2.64. The van der Waals surface area contributed by atoms with Crippen molar-refractivity contribution < 1.29 is 28.5 Å². The van der Waals surface area contributed by atoms with Crippen molar-refractivity contribution in [1.29, 1.82) is 0 Å². The zero-order valence-electron chi connectivity index (χ0n) is 12.0. The average Bonchev–Trinajstić information content (AvgIpc) is 2.40. The van der Waals surface area contributed by atoms with Crippen molar-refractivity contribution in [2.45, 2.75) is 43.9 Å². The van der Waals surface area contributed by atoms with Gasteiger partial charge in [0.2, 0.25) is 0 Å². The molecule has 1 saturated carbocycles.